The Morgan fingerprint density at radius 1 is 1.33 bits per heavy atom. The molecule has 1 aromatic heterocycles. The number of nitrogens with two attached hydrogens (primary N) is 1. The summed E-state index contributed by atoms with van der Waals surface area (Å²) in [6, 6.07) is 3.73. The summed E-state index contributed by atoms with van der Waals surface area (Å²) in [5.41, 5.74) is 6.59. The summed E-state index contributed by atoms with van der Waals surface area (Å²) in [5.74, 6) is 0.989. The highest BCUT2D eigenvalue weighted by Crippen LogP contribution is 2.30. The van der Waals surface area contributed by atoms with E-state index in [9.17, 15) is 4.79 Å². The van der Waals surface area contributed by atoms with E-state index in [1.54, 1.807) is 17.3 Å². The van der Waals surface area contributed by atoms with Crippen molar-refractivity contribution in [1.82, 2.24) is 4.98 Å². The van der Waals surface area contributed by atoms with Gasteiger partial charge in [-0.05, 0) is 50.3 Å². The van der Waals surface area contributed by atoms with Crippen molar-refractivity contribution in [2.75, 3.05) is 18.5 Å². The lowest BCUT2D eigenvalue weighted by Gasteiger charge is -2.30. The molecule has 0 spiro atoms. The minimum absolute atomic E-state index is 0.158. The third-order valence-corrected chi connectivity index (χ3v) is 3.91. The molecule has 4 nitrogen and oxygen atoms in total. The zero-order valence-electron chi connectivity index (χ0n) is 10.9. The van der Waals surface area contributed by atoms with Crippen molar-refractivity contribution in [3.63, 3.8) is 0 Å². The fraction of sp³-hybridized carbons (Fsp3) is 0.571. The summed E-state index contributed by atoms with van der Waals surface area (Å²) in [6.07, 6.45) is 7.52. The number of rotatable bonds is 3. The van der Waals surface area contributed by atoms with E-state index < -0.39 is 0 Å². The van der Waals surface area contributed by atoms with Gasteiger partial charge in [0.2, 0.25) is 5.91 Å². The molecule has 0 radical (unpaired) electrons. The van der Waals surface area contributed by atoms with Crippen LogP contribution in [0, 0.1) is 11.8 Å². The molecule has 18 heavy (non-hydrogen) atoms. The summed E-state index contributed by atoms with van der Waals surface area (Å²) >= 11 is 0. The second kappa shape index (κ2) is 5.96. The molecule has 2 N–H and O–H groups in total. The van der Waals surface area contributed by atoms with Crippen LogP contribution in [0.4, 0.5) is 5.69 Å². The van der Waals surface area contributed by atoms with Crippen LogP contribution < -0.4 is 10.6 Å². The lowest BCUT2D eigenvalue weighted by atomic mass is 9.81. The molecule has 0 aliphatic heterocycles. The fourth-order valence-corrected chi connectivity index (χ4v) is 2.61. The molecule has 0 atom stereocenters. The average Bonchev–Trinajstić information content (AvgIpc) is 2.47. The molecule has 1 heterocycles. The topological polar surface area (TPSA) is 59.2 Å². The smallest absolute Gasteiger partial charge is 0.229 e. The number of amides is 1. The molecule has 4 heteroatoms. The third-order valence-electron chi connectivity index (χ3n) is 3.91. The molecule has 1 aliphatic carbocycles. The summed E-state index contributed by atoms with van der Waals surface area (Å²) in [7, 11) is 1.84. The first kappa shape index (κ1) is 13.0. The highest BCUT2D eigenvalue weighted by atomic mass is 16.2. The van der Waals surface area contributed by atoms with E-state index in [1.165, 1.54) is 0 Å². The maximum atomic E-state index is 12.4. The fourth-order valence-electron chi connectivity index (χ4n) is 2.61. The van der Waals surface area contributed by atoms with Crippen LogP contribution in [0.3, 0.4) is 0 Å². The number of carbonyl (C=O) groups is 1. The van der Waals surface area contributed by atoms with Crippen molar-refractivity contribution >= 4 is 11.6 Å². The van der Waals surface area contributed by atoms with Crippen LogP contribution in [0.25, 0.3) is 0 Å². The van der Waals surface area contributed by atoms with E-state index in [-0.39, 0.29) is 11.8 Å². The highest BCUT2D eigenvalue weighted by Gasteiger charge is 2.28. The molecule has 98 valence electrons. The predicted molar refractivity (Wildman–Crippen MR) is 72.1 cm³/mol. The van der Waals surface area contributed by atoms with Crippen LogP contribution in [0.15, 0.2) is 24.5 Å². The Morgan fingerprint density at radius 2 is 1.94 bits per heavy atom. The van der Waals surface area contributed by atoms with E-state index in [4.69, 9.17) is 5.73 Å². The van der Waals surface area contributed by atoms with Gasteiger partial charge in [-0.25, -0.2) is 0 Å². The van der Waals surface area contributed by atoms with Crippen molar-refractivity contribution in [3.8, 4) is 0 Å². The standard InChI is InChI=1S/C14H21N3O/c1-17(13-6-8-16-9-7-13)14(18)12-4-2-11(10-15)3-5-12/h6-9,11-12H,2-5,10,15H2,1H3. The zero-order chi connectivity index (χ0) is 13.0. The lowest BCUT2D eigenvalue weighted by molar-refractivity contribution is -0.123. The third kappa shape index (κ3) is 2.88. The van der Waals surface area contributed by atoms with Gasteiger partial charge in [0.1, 0.15) is 0 Å². The Hall–Kier alpha value is -1.42. The minimum atomic E-state index is 0.158. The van der Waals surface area contributed by atoms with E-state index >= 15 is 0 Å². The Bertz CT molecular complexity index is 385. The summed E-state index contributed by atoms with van der Waals surface area (Å²) in [4.78, 5) is 18.1. The number of anilines is 1. The van der Waals surface area contributed by atoms with E-state index in [0.29, 0.717) is 5.92 Å². The van der Waals surface area contributed by atoms with Gasteiger partial charge >= 0.3 is 0 Å². The largest absolute Gasteiger partial charge is 0.330 e. The monoisotopic (exact) mass is 247 g/mol. The molecule has 0 unspecified atom stereocenters. The van der Waals surface area contributed by atoms with Crippen LogP contribution in [0.5, 0.6) is 0 Å². The van der Waals surface area contributed by atoms with Crippen LogP contribution in [0.1, 0.15) is 25.7 Å². The first-order valence-corrected chi connectivity index (χ1v) is 6.60. The van der Waals surface area contributed by atoms with Gasteiger partial charge in [-0.3, -0.25) is 9.78 Å². The van der Waals surface area contributed by atoms with E-state index in [1.807, 2.05) is 19.2 Å². The molecule has 1 aromatic rings. The number of carbonyl (C=O) groups excluding carboxylic acids is 1. The Labute approximate surface area is 108 Å². The van der Waals surface area contributed by atoms with Crippen molar-refractivity contribution in [2.45, 2.75) is 25.7 Å². The van der Waals surface area contributed by atoms with Gasteiger partial charge in [0.25, 0.3) is 0 Å². The van der Waals surface area contributed by atoms with Crippen molar-refractivity contribution in [2.24, 2.45) is 17.6 Å². The van der Waals surface area contributed by atoms with Gasteiger partial charge in [-0.2, -0.15) is 0 Å². The molecule has 0 bridgehead atoms. The number of nitrogens with zero attached hydrogens (tertiary/aromatic N) is 2. The lowest BCUT2D eigenvalue weighted by Crippen LogP contribution is -2.35. The molecule has 1 amide bonds. The van der Waals surface area contributed by atoms with Crippen molar-refractivity contribution in [1.29, 1.82) is 0 Å². The van der Waals surface area contributed by atoms with Gasteiger partial charge in [-0.1, -0.05) is 0 Å². The Balaban J connectivity index is 1.96. The van der Waals surface area contributed by atoms with Gasteiger partial charge in [0, 0.05) is 31.0 Å². The average molecular weight is 247 g/mol. The van der Waals surface area contributed by atoms with Crippen molar-refractivity contribution in [3.05, 3.63) is 24.5 Å². The highest BCUT2D eigenvalue weighted by molar-refractivity contribution is 5.94. The number of hydrogen-bond donors (Lipinski definition) is 1. The van der Waals surface area contributed by atoms with E-state index in [0.717, 1.165) is 37.9 Å². The van der Waals surface area contributed by atoms with Crippen LogP contribution in [0.2, 0.25) is 0 Å². The molecular formula is C14H21N3O. The van der Waals surface area contributed by atoms with Crippen LogP contribution in [-0.4, -0.2) is 24.5 Å². The summed E-state index contributed by atoms with van der Waals surface area (Å²) < 4.78 is 0. The predicted octanol–water partition coefficient (Wildman–Crippen LogP) is 1.81. The quantitative estimate of drug-likeness (QED) is 0.886. The molecule has 0 saturated heterocycles. The van der Waals surface area contributed by atoms with Crippen molar-refractivity contribution < 1.29 is 4.79 Å². The Kier molecular flexibility index (Phi) is 4.31. The molecule has 1 fully saturated rings. The van der Waals surface area contributed by atoms with E-state index in [2.05, 4.69) is 4.98 Å². The van der Waals surface area contributed by atoms with Gasteiger partial charge in [0.15, 0.2) is 0 Å². The molecule has 1 aliphatic rings. The minimum Gasteiger partial charge on any atom is -0.330 e. The zero-order valence-corrected chi connectivity index (χ0v) is 10.9. The van der Waals surface area contributed by atoms with Gasteiger partial charge < -0.3 is 10.6 Å². The normalized spacial score (nSPS) is 23.7. The van der Waals surface area contributed by atoms with Gasteiger partial charge in [-0.15, -0.1) is 0 Å². The molecule has 0 aromatic carbocycles. The summed E-state index contributed by atoms with van der Waals surface area (Å²) in [5, 5.41) is 0. The molecule has 2 rings (SSSR count). The maximum absolute atomic E-state index is 12.4. The Morgan fingerprint density at radius 3 is 2.50 bits per heavy atom. The number of aromatic nitrogens is 1. The maximum Gasteiger partial charge on any atom is 0.229 e. The first-order valence-electron chi connectivity index (χ1n) is 6.60. The van der Waals surface area contributed by atoms with Crippen LogP contribution in [-0.2, 0) is 4.79 Å². The molecule has 1 saturated carbocycles. The number of hydrogen-bond acceptors (Lipinski definition) is 3. The SMILES string of the molecule is CN(C(=O)C1CCC(CN)CC1)c1ccncc1. The second-order valence-corrected chi connectivity index (χ2v) is 5.06. The number of pyridine rings is 1. The second-order valence-electron chi connectivity index (χ2n) is 5.06. The van der Waals surface area contributed by atoms with Crippen LogP contribution >= 0.6 is 0 Å². The molecular weight excluding hydrogens is 226 g/mol. The van der Waals surface area contributed by atoms with Gasteiger partial charge in [0.05, 0.1) is 0 Å². The first-order chi connectivity index (χ1) is 8.72. The summed E-state index contributed by atoms with van der Waals surface area (Å²) in [6.45, 7) is 0.751.